The molecule has 0 spiro atoms. The summed E-state index contributed by atoms with van der Waals surface area (Å²) in [7, 11) is -1.59. The zero-order valence-corrected chi connectivity index (χ0v) is 17.4. The highest BCUT2D eigenvalue weighted by atomic mass is 35.5. The maximum absolute atomic E-state index is 12.8. The largest absolute Gasteiger partial charge is 0.495 e. The van der Waals surface area contributed by atoms with E-state index in [0.29, 0.717) is 6.07 Å². The number of halogens is 5. The summed E-state index contributed by atoms with van der Waals surface area (Å²) in [4.78, 5) is 12.0. The molecule has 0 unspecified atom stereocenters. The molecule has 0 aliphatic carbocycles. The topological polar surface area (TPSA) is 75.7 Å². The molecular formula is C17H15Cl2F3N2O4S. The van der Waals surface area contributed by atoms with Crippen molar-refractivity contribution in [1.82, 2.24) is 4.31 Å². The average Bonchev–Trinajstić information content (AvgIpc) is 2.62. The zero-order valence-electron chi connectivity index (χ0n) is 15.0. The number of anilines is 1. The van der Waals surface area contributed by atoms with E-state index in [1.165, 1.54) is 19.2 Å². The van der Waals surface area contributed by atoms with Crippen molar-refractivity contribution in [1.29, 1.82) is 0 Å². The number of hydrogen-bond donors (Lipinski definition) is 1. The van der Waals surface area contributed by atoms with Gasteiger partial charge in [0.05, 0.1) is 39.8 Å². The zero-order chi connectivity index (χ0) is 22.0. The van der Waals surface area contributed by atoms with E-state index >= 15 is 0 Å². The molecule has 0 fully saturated rings. The first-order chi connectivity index (χ1) is 13.4. The first kappa shape index (κ1) is 23.3. The minimum absolute atomic E-state index is 0.0576. The molecule has 6 nitrogen and oxygen atoms in total. The van der Waals surface area contributed by atoms with Gasteiger partial charge < -0.3 is 10.1 Å². The molecule has 0 aliphatic rings. The van der Waals surface area contributed by atoms with Crippen LogP contribution in [0.2, 0.25) is 10.0 Å². The SMILES string of the molecule is COc1ccc(S(=O)(=O)N(C)CC(=O)Nc2cc(C(F)(F)F)ccc2Cl)cc1Cl. The molecular weight excluding hydrogens is 456 g/mol. The van der Waals surface area contributed by atoms with Gasteiger partial charge in [0, 0.05) is 7.05 Å². The first-order valence-corrected chi connectivity index (χ1v) is 10.0. The molecule has 0 saturated carbocycles. The molecule has 0 saturated heterocycles. The van der Waals surface area contributed by atoms with Crippen LogP contribution in [0.5, 0.6) is 5.75 Å². The summed E-state index contributed by atoms with van der Waals surface area (Å²) in [5.41, 5.74) is -1.30. The number of likely N-dealkylation sites (N-methyl/N-ethyl adjacent to an activating group) is 1. The van der Waals surface area contributed by atoms with Crippen molar-refractivity contribution in [2.45, 2.75) is 11.1 Å². The Morgan fingerprint density at radius 3 is 2.34 bits per heavy atom. The number of amides is 1. The van der Waals surface area contributed by atoms with Gasteiger partial charge in [-0.2, -0.15) is 17.5 Å². The Kier molecular flexibility index (Phi) is 7.05. The summed E-state index contributed by atoms with van der Waals surface area (Å²) >= 11 is 11.7. The molecule has 1 amide bonds. The van der Waals surface area contributed by atoms with Crippen molar-refractivity contribution in [3.8, 4) is 5.75 Å². The van der Waals surface area contributed by atoms with Gasteiger partial charge >= 0.3 is 6.18 Å². The number of ether oxygens (including phenoxy) is 1. The van der Waals surface area contributed by atoms with Crippen molar-refractivity contribution in [2.75, 3.05) is 26.0 Å². The van der Waals surface area contributed by atoms with E-state index in [2.05, 4.69) is 5.32 Å². The third kappa shape index (κ3) is 5.53. The van der Waals surface area contributed by atoms with Crippen LogP contribution in [0.25, 0.3) is 0 Å². The number of benzene rings is 2. The Balaban J connectivity index is 2.17. The van der Waals surface area contributed by atoms with Crippen LogP contribution in [-0.4, -0.2) is 39.3 Å². The molecule has 0 atom stereocenters. The average molecular weight is 471 g/mol. The van der Waals surface area contributed by atoms with Gasteiger partial charge in [-0.25, -0.2) is 8.42 Å². The molecule has 2 rings (SSSR count). The van der Waals surface area contributed by atoms with E-state index in [0.717, 1.165) is 29.6 Å². The molecule has 2 aromatic rings. The number of carbonyl (C=O) groups excluding carboxylic acids is 1. The summed E-state index contributed by atoms with van der Waals surface area (Å²) in [5, 5.41) is 2.12. The van der Waals surface area contributed by atoms with Crippen LogP contribution in [0.1, 0.15) is 5.56 Å². The van der Waals surface area contributed by atoms with E-state index in [1.807, 2.05) is 0 Å². The molecule has 0 aromatic heterocycles. The predicted molar refractivity (Wildman–Crippen MR) is 103 cm³/mol. The van der Waals surface area contributed by atoms with E-state index in [-0.39, 0.29) is 26.4 Å². The summed E-state index contributed by atoms with van der Waals surface area (Å²) in [6.45, 7) is -0.668. The van der Waals surface area contributed by atoms with Crippen LogP contribution >= 0.6 is 23.2 Å². The van der Waals surface area contributed by atoms with Crippen LogP contribution < -0.4 is 10.1 Å². The Bertz CT molecular complexity index is 1030. The van der Waals surface area contributed by atoms with Crippen molar-refractivity contribution in [3.63, 3.8) is 0 Å². The van der Waals surface area contributed by atoms with Crippen LogP contribution in [0.3, 0.4) is 0 Å². The second kappa shape index (κ2) is 8.78. The number of nitrogens with zero attached hydrogens (tertiary/aromatic N) is 1. The first-order valence-electron chi connectivity index (χ1n) is 7.82. The van der Waals surface area contributed by atoms with Crippen molar-refractivity contribution < 1.29 is 31.1 Å². The number of carbonyl (C=O) groups is 1. The number of nitrogens with one attached hydrogen (secondary N) is 1. The highest BCUT2D eigenvalue weighted by Gasteiger charge is 2.31. The summed E-state index contributed by atoms with van der Waals surface area (Å²) < 4.78 is 69.3. The fraction of sp³-hybridized carbons (Fsp3) is 0.235. The van der Waals surface area contributed by atoms with Gasteiger partial charge in [-0.05, 0) is 36.4 Å². The molecule has 0 aliphatic heterocycles. The quantitative estimate of drug-likeness (QED) is 0.683. The third-order valence-electron chi connectivity index (χ3n) is 3.77. The summed E-state index contributed by atoms with van der Waals surface area (Å²) in [5.74, 6) is -0.609. The highest BCUT2D eigenvalue weighted by molar-refractivity contribution is 7.89. The fourth-order valence-electron chi connectivity index (χ4n) is 2.26. The Labute approximate surface area is 175 Å². The Hall–Kier alpha value is -2.01. The third-order valence-corrected chi connectivity index (χ3v) is 6.19. The molecule has 0 radical (unpaired) electrons. The summed E-state index contributed by atoms with van der Waals surface area (Å²) in [6.07, 6.45) is -4.63. The lowest BCUT2D eigenvalue weighted by Gasteiger charge is -2.18. The van der Waals surface area contributed by atoms with Crippen LogP contribution in [-0.2, 0) is 21.0 Å². The standard InChI is InChI=1S/C17H15Cl2F3N2O4S/c1-24(29(26,27)11-4-6-15(28-2)13(19)8-11)9-16(25)23-14-7-10(17(20,21)22)3-5-12(14)18/h3-8H,9H2,1-2H3,(H,23,25). The van der Waals surface area contributed by atoms with E-state index < -0.39 is 34.2 Å². The Morgan fingerprint density at radius 2 is 1.79 bits per heavy atom. The van der Waals surface area contributed by atoms with Crippen LogP contribution in [0, 0.1) is 0 Å². The van der Waals surface area contributed by atoms with Crippen LogP contribution in [0.15, 0.2) is 41.3 Å². The van der Waals surface area contributed by atoms with Gasteiger partial charge in [0.15, 0.2) is 0 Å². The number of methoxy groups -OCH3 is 1. The second-order valence-corrected chi connectivity index (χ2v) is 8.66. The lowest BCUT2D eigenvalue weighted by atomic mass is 10.2. The molecule has 29 heavy (non-hydrogen) atoms. The highest BCUT2D eigenvalue weighted by Crippen LogP contribution is 2.34. The number of hydrogen-bond acceptors (Lipinski definition) is 4. The maximum Gasteiger partial charge on any atom is 0.416 e. The fourth-order valence-corrected chi connectivity index (χ4v) is 3.90. The van der Waals surface area contributed by atoms with Gasteiger partial charge in [-0.1, -0.05) is 23.2 Å². The van der Waals surface area contributed by atoms with Gasteiger partial charge in [0.25, 0.3) is 0 Å². The molecule has 12 heteroatoms. The lowest BCUT2D eigenvalue weighted by Crippen LogP contribution is -2.35. The van der Waals surface area contributed by atoms with Gasteiger partial charge in [0.1, 0.15) is 5.75 Å². The number of rotatable bonds is 6. The normalized spacial score (nSPS) is 12.1. The minimum atomic E-state index is -4.63. The van der Waals surface area contributed by atoms with Gasteiger partial charge in [-0.15, -0.1) is 0 Å². The van der Waals surface area contributed by atoms with E-state index in [4.69, 9.17) is 27.9 Å². The van der Waals surface area contributed by atoms with Crippen molar-refractivity contribution in [2.24, 2.45) is 0 Å². The molecule has 0 bridgehead atoms. The maximum atomic E-state index is 12.8. The summed E-state index contributed by atoms with van der Waals surface area (Å²) in [6, 6.07) is 6.18. The Morgan fingerprint density at radius 1 is 1.14 bits per heavy atom. The predicted octanol–water partition coefficient (Wildman–Crippen LogP) is 4.28. The minimum Gasteiger partial charge on any atom is -0.495 e. The molecule has 2 aromatic carbocycles. The lowest BCUT2D eigenvalue weighted by molar-refractivity contribution is -0.137. The monoisotopic (exact) mass is 470 g/mol. The van der Waals surface area contributed by atoms with Gasteiger partial charge in [-0.3, -0.25) is 4.79 Å². The van der Waals surface area contributed by atoms with Gasteiger partial charge in [0.2, 0.25) is 15.9 Å². The van der Waals surface area contributed by atoms with E-state index in [1.54, 1.807) is 0 Å². The molecule has 1 N–H and O–H groups in total. The van der Waals surface area contributed by atoms with Crippen molar-refractivity contribution in [3.05, 3.63) is 52.0 Å². The van der Waals surface area contributed by atoms with Crippen LogP contribution in [0.4, 0.5) is 18.9 Å². The number of alkyl halides is 3. The van der Waals surface area contributed by atoms with E-state index in [9.17, 15) is 26.4 Å². The van der Waals surface area contributed by atoms with Crippen molar-refractivity contribution >= 4 is 44.8 Å². The molecule has 0 heterocycles. The second-order valence-electron chi connectivity index (χ2n) is 5.80. The molecule has 158 valence electrons. The smallest absolute Gasteiger partial charge is 0.416 e. The number of sulfonamides is 1.